The summed E-state index contributed by atoms with van der Waals surface area (Å²) < 4.78 is 10.2. The molecule has 0 amide bonds. The van der Waals surface area contributed by atoms with E-state index in [2.05, 4.69) is 9.97 Å². The largest absolute Gasteiger partial charge is 0.496 e. The third kappa shape index (κ3) is 2.28. The second kappa shape index (κ2) is 4.69. The van der Waals surface area contributed by atoms with E-state index in [9.17, 15) is 0 Å². The average Bonchev–Trinajstić information content (AvgIpc) is 2.39. The van der Waals surface area contributed by atoms with Crippen LogP contribution in [0.1, 0.15) is 0 Å². The Morgan fingerprint density at radius 2 is 1.76 bits per heavy atom. The van der Waals surface area contributed by atoms with Crippen LogP contribution in [0, 0.1) is 0 Å². The Hall–Kier alpha value is -2.30. The van der Waals surface area contributed by atoms with E-state index < -0.39 is 0 Å². The summed E-state index contributed by atoms with van der Waals surface area (Å²) in [5.41, 5.74) is 8.09. The Balaban J connectivity index is 2.44. The first-order valence-electron chi connectivity index (χ1n) is 5.04. The zero-order chi connectivity index (χ0) is 12.3. The summed E-state index contributed by atoms with van der Waals surface area (Å²) in [7, 11) is 3.13. The Kier molecular flexibility index (Phi) is 3.09. The summed E-state index contributed by atoms with van der Waals surface area (Å²) in [4.78, 5) is 8.10. The van der Waals surface area contributed by atoms with Gasteiger partial charge in [-0.25, -0.2) is 9.97 Å². The molecule has 0 bridgehead atoms. The molecule has 5 heteroatoms. The van der Waals surface area contributed by atoms with Gasteiger partial charge < -0.3 is 15.2 Å². The number of nitrogen functional groups attached to an aromatic ring is 1. The highest BCUT2D eigenvalue weighted by Crippen LogP contribution is 2.31. The normalized spacial score (nSPS) is 10.0. The van der Waals surface area contributed by atoms with E-state index in [1.54, 1.807) is 25.6 Å². The molecule has 17 heavy (non-hydrogen) atoms. The van der Waals surface area contributed by atoms with Crippen LogP contribution in [0.2, 0.25) is 0 Å². The quantitative estimate of drug-likeness (QED) is 0.815. The number of methoxy groups -OCH3 is 2. The van der Waals surface area contributed by atoms with Crippen molar-refractivity contribution in [2.24, 2.45) is 0 Å². The Bertz CT molecular complexity index is 512. The summed E-state index contributed by atoms with van der Waals surface area (Å²) in [6.07, 6.45) is 3.36. The minimum Gasteiger partial charge on any atom is -0.496 e. The summed E-state index contributed by atoms with van der Waals surface area (Å²) in [6.45, 7) is 0. The van der Waals surface area contributed by atoms with E-state index in [0.29, 0.717) is 17.4 Å². The molecule has 2 rings (SSSR count). The maximum atomic E-state index is 5.70. The van der Waals surface area contributed by atoms with Gasteiger partial charge in [-0.1, -0.05) is 0 Å². The van der Waals surface area contributed by atoms with Gasteiger partial charge >= 0.3 is 6.01 Å². The monoisotopic (exact) mass is 231 g/mol. The maximum absolute atomic E-state index is 5.70. The van der Waals surface area contributed by atoms with Gasteiger partial charge in [-0.3, -0.25) is 0 Å². The fourth-order valence-electron chi connectivity index (χ4n) is 1.51. The van der Waals surface area contributed by atoms with E-state index in [1.807, 2.05) is 12.1 Å². The van der Waals surface area contributed by atoms with Crippen LogP contribution in [0.4, 0.5) is 5.69 Å². The van der Waals surface area contributed by atoms with Gasteiger partial charge in [0.05, 0.1) is 14.2 Å². The van der Waals surface area contributed by atoms with Crippen LogP contribution < -0.4 is 15.2 Å². The van der Waals surface area contributed by atoms with Crippen molar-refractivity contribution in [3.05, 3.63) is 30.6 Å². The fraction of sp³-hybridized carbons (Fsp3) is 0.167. The third-order valence-electron chi connectivity index (χ3n) is 2.35. The highest BCUT2D eigenvalue weighted by molar-refractivity contribution is 5.71. The predicted molar refractivity (Wildman–Crippen MR) is 65.0 cm³/mol. The number of benzene rings is 1. The van der Waals surface area contributed by atoms with Crippen molar-refractivity contribution in [2.45, 2.75) is 0 Å². The molecule has 0 aliphatic heterocycles. The standard InChI is InChI=1S/C12H13N3O2/c1-16-11-5-9(13)3-4-10(11)8-6-14-12(17-2)15-7-8/h3-7H,13H2,1-2H3. The number of hydrogen-bond donors (Lipinski definition) is 1. The van der Waals surface area contributed by atoms with Crippen molar-refractivity contribution in [1.29, 1.82) is 0 Å². The molecule has 5 nitrogen and oxygen atoms in total. The number of nitrogens with zero attached hydrogens (tertiary/aromatic N) is 2. The number of rotatable bonds is 3. The molecule has 0 saturated carbocycles. The fourth-order valence-corrected chi connectivity index (χ4v) is 1.51. The molecular formula is C12H13N3O2. The Labute approximate surface area is 99.2 Å². The average molecular weight is 231 g/mol. The van der Waals surface area contributed by atoms with Crippen LogP contribution in [0.5, 0.6) is 11.8 Å². The van der Waals surface area contributed by atoms with E-state index in [-0.39, 0.29) is 0 Å². The highest BCUT2D eigenvalue weighted by atomic mass is 16.5. The number of ether oxygens (including phenoxy) is 2. The SMILES string of the molecule is COc1ncc(-c2ccc(N)cc2OC)cn1. The molecule has 2 N–H and O–H groups in total. The van der Waals surface area contributed by atoms with Gasteiger partial charge in [0.15, 0.2) is 0 Å². The maximum Gasteiger partial charge on any atom is 0.316 e. The van der Waals surface area contributed by atoms with Gasteiger partial charge in [0.2, 0.25) is 0 Å². The van der Waals surface area contributed by atoms with Crippen LogP contribution >= 0.6 is 0 Å². The van der Waals surface area contributed by atoms with Crippen LogP contribution in [-0.2, 0) is 0 Å². The van der Waals surface area contributed by atoms with Gasteiger partial charge in [0.1, 0.15) is 5.75 Å². The molecule has 88 valence electrons. The first-order valence-corrected chi connectivity index (χ1v) is 5.04. The molecular weight excluding hydrogens is 218 g/mol. The van der Waals surface area contributed by atoms with E-state index in [0.717, 1.165) is 11.1 Å². The molecule has 0 fully saturated rings. The van der Waals surface area contributed by atoms with E-state index >= 15 is 0 Å². The summed E-state index contributed by atoms with van der Waals surface area (Å²) in [5, 5.41) is 0. The van der Waals surface area contributed by atoms with Crippen molar-refractivity contribution >= 4 is 5.69 Å². The second-order valence-electron chi connectivity index (χ2n) is 3.42. The molecule has 1 aromatic heterocycles. The minimum atomic E-state index is 0.336. The van der Waals surface area contributed by atoms with Crippen molar-refractivity contribution in [1.82, 2.24) is 9.97 Å². The highest BCUT2D eigenvalue weighted by Gasteiger charge is 2.07. The van der Waals surface area contributed by atoms with E-state index in [1.165, 1.54) is 7.11 Å². The lowest BCUT2D eigenvalue weighted by atomic mass is 10.1. The molecule has 0 unspecified atom stereocenters. The van der Waals surface area contributed by atoms with Crippen LogP contribution in [0.25, 0.3) is 11.1 Å². The van der Waals surface area contributed by atoms with Crippen LogP contribution in [0.15, 0.2) is 30.6 Å². The first-order chi connectivity index (χ1) is 8.24. The first kappa shape index (κ1) is 11.2. The van der Waals surface area contributed by atoms with Gasteiger partial charge in [-0.05, 0) is 12.1 Å². The predicted octanol–water partition coefficient (Wildman–Crippen LogP) is 1.74. The molecule has 0 spiro atoms. The van der Waals surface area contributed by atoms with Gasteiger partial charge in [0.25, 0.3) is 0 Å². The zero-order valence-corrected chi connectivity index (χ0v) is 9.68. The van der Waals surface area contributed by atoms with Crippen molar-refractivity contribution in [3.63, 3.8) is 0 Å². The molecule has 1 heterocycles. The van der Waals surface area contributed by atoms with Crippen molar-refractivity contribution < 1.29 is 9.47 Å². The molecule has 0 radical (unpaired) electrons. The Morgan fingerprint density at radius 1 is 1.06 bits per heavy atom. The summed E-state index contributed by atoms with van der Waals surface area (Å²) >= 11 is 0. The molecule has 1 aromatic carbocycles. The molecule has 0 saturated heterocycles. The molecule has 0 atom stereocenters. The van der Waals surface area contributed by atoms with Crippen LogP contribution in [-0.4, -0.2) is 24.2 Å². The number of anilines is 1. The number of nitrogens with two attached hydrogens (primary N) is 1. The van der Waals surface area contributed by atoms with Crippen molar-refractivity contribution in [3.8, 4) is 22.9 Å². The van der Waals surface area contributed by atoms with Gasteiger partial charge in [0, 0.05) is 35.3 Å². The Morgan fingerprint density at radius 3 is 2.35 bits per heavy atom. The molecule has 2 aromatic rings. The third-order valence-corrected chi connectivity index (χ3v) is 2.35. The van der Waals surface area contributed by atoms with Crippen molar-refractivity contribution in [2.75, 3.05) is 20.0 Å². The zero-order valence-electron chi connectivity index (χ0n) is 9.68. The van der Waals surface area contributed by atoms with Gasteiger partial charge in [-0.2, -0.15) is 0 Å². The molecule has 0 aliphatic rings. The number of hydrogen-bond acceptors (Lipinski definition) is 5. The molecule has 0 aliphatic carbocycles. The lowest BCUT2D eigenvalue weighted by molar-refractivity contribution is 0.380. The minimum absolute atomic E-state index is 0.336. The second-order valence-corrected chi connectivity index (χ2v) is 3.42. The lowest BCUT2D eigenvalue weighted by Gasteiger charge is -2.09. The van der Waals surface area contributed by atoms with Gasteiger partial charge in [-0.15, -0.1) is 0 Å². The topological polar surface area (TPSA) is 70.3 Å². The van der Waals surface area contributed by atoms with Crippen LogP contribution in [0.3, 0.4) is 0 Å². The smallest absolute Gasteiger partial charge is 0.316 e. The lowest BCUT2D eigenvalue weighted by Crippen LogP contribution is -1.94. The summed E-state index contributed by atoms with van der Waals surface area (Å²) in [5.74, 6) is 0.693. The van der Waals surface area contributed by atoms with E-state index in [4.69, 9.17) is 15.2 Å². The summed E-state index contributed by atoms with van der Waals surface area (Å²) in [6, 6.07) is 5.78. The number of aromatic nitrogens is 2.